The number of rotatable bonds is 4. The van der Waals surface area contributed by atoms with Crippen LogP contribution in [0.3, 0.4) is 0 Å². The Bertz CT molecular complexity index is 1420. The van der Waals surface area contributed by atoms with E-state index < -0.39 is 0 Å². The molecule has 1 unspecified atom stereocenters. The van der Waals surface area contributed by atoms with Crippen molar-refractivity contribution in [3.8, 4) is 22.4 Å². The summed E-state index contributed by atoms with van der Waals surface area (Å²) in [6.45, 7) is 11.2. The molecule has 160 valence electrons. The molecule has 1 aliphatic heterocycles. The highest BCUT2D eigenvalue weighted by Crippen LogP contribution is 2.40. The van der Waals surface area contributed by atoms with E-state index in [4.69, 9.17) is 11.3 Å². The van der Waals surface area contributed by atoms with Gasteiger partial charge in [-0.1, -0.05) is 31.2 Å². The van der Waals surface area contributed by atoms with Crippen LogP contribution in [0.5, 0.6) is 0 Å². The number of benzene rings is 2. The maximum atomic E-state index is 12.3. The number of hydrogen-bond donors (Lipinski definition) is 1. The fraction of sp³-hybridized carbons (Fsp3) is 0.280. The van der Waals surface area contributed by atoms with Gasteiger partial charge in [0.2, 0.25) is 0 Å². The van der Waals surface area contributed by atoms with Crippen LogP contribution in [0.25, 0.3) is 38.0 Å². The van der Waals surface area contributed by atoms with Gasteiger partial charge in [0.25, 0.3) is 5.56 Å². The van der Waals surface area contributed by atoms with Gasteiger partial charge in [0.15, 0.2) is 5.69 Å². The third-order valence-corrected chi connectivity index (χ3v) is 6.25. The van der Waals surface area contributed by atoms with Crippen LogP contribution in [-0.2, 0) is 18.2 Å². The molecule has 5 rings (SSSR count). The van der Waals surface area contributed by atoms with E-state index in [-0.39, 0.29) is 5.56 Å². The molecule has 7 heteroatoms. The molecule has 1 aliphatic rings. The molecule has 1 saturated heterocycles. The number of H-pyrrole nitrogens is 1. The largest absolute Gasteiger partial charge is 0.381 e. The van der Waals surface area contributed by atoms with Gasteiger partial charge in [-0.2, -0.15) is 10.2 Å². The average Bonchev–Trinajstić information content (AvgIpc) is 3.49. The summed E-state index contributed by atoms with van der Waals surface area (Å²) in [6, 6.07) is 11.8. The number of fused-ring (bicyclic) bond motifs is 1. The molecule has 0 spiro atoms. The van der Waals surface area contributed by atoms with Gasteiger partial charge in [-0.25, -0.2) is 9.94 Å². The van der Waals surface area contributed by atoms with Gasteiger partial charge in [-0.3, -0.25) is 9.48 Å². The van der Waals surface area contributed by atoms with Crippen LogP contribution in [0.4, 0.5) is 5.69 Å². The Kier molecular flexibility index (Phi) is 5.08. The lowest BCUT2D eigenvalue weighted by molar-refractivity contribution is 0.194. The van der Waals surface area contributed by atoms with Crippen LogP contribution in [0, 0.1) is 6.57 Å². The van der Waals surface area contributed by atoms with Crippen LogP contribution in [-0.4, -0.2) is 33.2 Å². The molecule has 0 aliphatic carbocycles. The van der Waals surface area contributed by atoms with Crippen molar-refractivity contribution in [1.29, 1.82) is 0 Å². The molecule has 1 fully saturated rings. The normalized spacial score (nSPS) is 15.8. The molecule has 2 aromatic heterocycles. The van der Waals surface area contributed by atoms with Crippen molar-refractivity contribution in [2.45, 2.75) is 25.7 Å². The quantitative estimate of drug-likeness (QED) is 0.485. The number of nitrogens with zero attached hydrogens (tertiary/aromatic N) is 4. The first-order chi connectivity index (χ1) is 15.6. The van der Waals surface area contributed by atoms with Crippen molar-refractivity contribution in [3.63, 3.8) is 0 Å². The monoisotopic (exact) mass is 425 g/mol. The summed E-state index contributed by atoms with van der Waals surface area (Å²) in [6.07, 6.45) is 3.52. The van der Waals surface area contributed by atoms with E-state index in [2.05, 4.69) is 26.2 Å². The van der Waals surface area contributed by atoms with Crippen LogP contribution in [0.1, 0.15) is 30.5 Å². The topological polar surface area (TPSA) is 77.2 Å². The first-order valence-electron chi connectivity index (χ1n) is 10.7. The molecule has 0 radical (unpaired) electrons. The molecule has 0 bridgehead atoms. The summed E-state index contributed by atoms with van der Waals surface area (Å²) in [5.74, 6) is 0.343. The van der Waals surface area contributed by atoms with Crippen molar-refractivity contribution in [2.24, 2.45) is 7.05 Å². The lowest BCUT2D eigenvalue weighted by Gasteiger charge is -2.14. The van der Waals surface area contributed by atoms with Crippen LogP contribution in [0.15, 0.2) is 47.4 Å². The van der Waals surface area contributed by atoms with Crippen molar-refractivity contribution < 1.29 is 4.74 Å². The van der Waals surface area contributed by atoms with Crippen LogP contribution in [0.2, 0.25) is 0 Å². The Labute approximate surface area is 185 Å². The first-order valence-corrected chi connectivity index (χ1v) is 10.7. The van der Waals surface area contributed by atoms with Gasteiger partial charge in [-0.05, 0) is 36.1 Å². The number of aromatic amines is 1. The summed E-state index contributed by atoms with van der Waals surface area (Å²) in [7, 11) is 1.89. The highest BCUT2D eigenvalue weighted by molar-refractivity contribution is 5.93. The molecule has 1 atom stereocenters. The van der Waals surface area contributed by atoms with Gasteiger partial charge in [0, 0.05) is 36.1 Å². The van der Waals surface area contributed by atoms with E-state index in [0.29, 0.717) is 30.0 Å². The van der Waals surface area contributed by atoms with Gasteiger partial charge >= 0.3 is 0 Å². The molecule has 7 nitrogen and oxygen atoms in total. The van der Waals surface area contributed by atoms with Crippen molar-refractivity contribution in [3.05, 3.63) is 75.6 Å². The van der Waals surface area contributed by atoms with E-state index in [1.54, 1.807) is 0 Å². The molecule has 0 amide bonds. The zero-order chi connectivity index (χ0) is 22.2. The molecular weight excluding hydrogens is 402 g/mol. The number of nitrogens with one attached hydrogen (secondary N) is 1. The molecule has 4 aromatic rings. The van der Waals surface area contributed by atoms with Crippen molar-refractivity contribution in [2.75, 3.05) is 13.2 Å². The maximum absolute atomic E-state index is 12.3. The Morgan fingerprint density at radius 2 is 2.09 bits per heavy atom. The lowest BCUT2D eigenvalue weighted by atomic mass is 9.92. The molecule has 32 heavy (non-hydrogen) atoms. The fourth-order valence-electron chi connectivity index (χ4n) is 4.52. The molecular formula is C25H23N5O2. The van der Waals surface area contributed by atoms with E-state index >= 15 is 0 Å². The molecule has 2 aromatic carbocycles. The predicted molar refractivity (Wildman–Crippen MR) is 124 cm³/mol. The van der Waals surface area contributed by atoms with Gasteiger partial charge in [0.05, 0.1) is 36.1 Å². The van der Waals surface area contributed by atoms with Crippen molar-refractivity contribution >= 4 is 16.5 Å². The molecule has 1 N–H and O–H groups in total. The highest BCUT2D eigenvalue weighted by Gasteiger charge is 2.22. The zero-order valence-electron chi connectivity index (χ0n) is 18.1. The van der Waals surface area contributed by atoms with E-state index in [9.17, 15) is 4.79 Å². The highest BCUT2D eigenvalue weighted by atomic mass is 16.5. The minimum atomic E-state index is -0.197. The smallest absolute Gasteiger partial charge is 0.272 e. The Balaban J connectivity index is 1.70. The Morgan fingerprint density at radius 3 is 2.84 bits per heavy atom. The third-order valence-electron chi connectivity index (χ3n) is 6.25. The summed E-state index contributed by atoms with van der Waals surface area (Å²) >= 11 is 0. The fourth-order valence-corrected chi connectivity index (χ4v) is 4.52. The molecule has 3 heterocycles. The summed E-state index contributed by atoms with van der Waals surface area (Å²) in [5, 5.41) is 12.8. The van der Waals surface area contributed by atoms with E-state index in [1.807, 2.05) is 55.2 Å². The van der Waals surface area contributed by atoms with Crippen LogP contribution >= 0.6 is 0 Å². The SMILES string of the molecule is [C-]#[N+]c1ccc(C2CCOC2)cc1-c1c(-c2ccc3c(=O)[nH]nc(CC)c3c2)cnn1C. The van der Waals surface area contributed by atoms with Gasteiger partial charge in [0.1, 0.15) is 0 Å². The van der Waals surface area contributed by atoms with Gasteiger partial charge < -0.3 is 4.74 Å². The number of aromatic nitrogens is 4. The standard InChI is InChI=1S/C25H23N5O2/c1-4-22-19-12-16(5-7-18(19)25(31)29-28-22)21-13-27-30(3)24(21)20-11-15(6-8-23(20)26-2)17-9-10-32-14-17/h5-8,11-13,17H,4,9-10,14H2,1,3H3,(H,29,31). The lowest BCUT2D eigenvalue weighted by Crippen LogP contribution is -2.10. The minimum absolute atomic E-state index is 0.197. The van der Waals surface area contributed by atoms with E-state index in [1.165, 1.54) is 5.56 Å². The summed E-state index contributed by atoms with van der Waals surface area (Å²) in [4.78, 5) is 16.0. The minimum Gasteiger partial charge on any atom is -0.381 e. The van der Waals surface area contributed by atoms with Crippen LogP contribution < -0.4 is 5.56 Å². The zero-order valence-corrected chi connectivity index (χ0v) is 18.1. The first kappa shape index (κ1) is 20.2. The third kappa shape index (κ3) is 3.29. The van der Waals surface area contributed by atoms with Gasteiger partial charge in [-0.15, -0.1) is 0 Å². The Hall–Kier alpha value is -3.76. The Morgan fingerprint density at radius 1 is 1.22 bits per heavy atom. The average molecular weight is 425 g/mol. The second-order valence-electron chi connectivity index (χ2n) is 8.09. The maximum Gasteiger partial charge on any atom is 0.272 e. The summed E-state index contributed by atoms with van der Waals surface area (Å²) < 4.78 is 7.39. The number of ether oxygens (including phenoxy) is 1. The van der Waals surface area contributed by atoms with Crippen molar-refractivity contribution in [1.82, 2.24) is 20.0 Å². The second kappa shape index (κ2) is 8.06. The number of aryl methyl sites for hydroxylation is 2. The second-order valence-corrected chi connectivity index (χ2v) is 8.09. The number of hydrogen-bond acceptors (Lipinski definition) is 4. The van der Waals surface area contributed by atoms with E-state index in [0.717, 1.165) is 46.5 Å². The molecule has 0 saturated carbocycles. The predicted octanol–water partition coefficient (Wildman–Crippen LogP) is 4.61. The summed E-state index contributed by atoms with van der Waals surface area (Å²) in [5.41, 5.74) is 6.01.